The minimum absolute atomic E-state index is 0.242. The molecule has 5 aromatic rings. The average molecular weight is 434 g/mol. The number of benzene rings is 3. The third kappa shape index (κ3) is 4.48. The minimum atomic E-state index is -0.242. The van der Waals surface area contributed by atoms with Crippen molar-refractivity contribution in [1.29, 1.82) is 0 Å². The van der Waals surface area contributed by atoms with Gasteiger partial charge in [-0.3, -0.25) is 4.79 Å². The first-order valence-electron chi connectivity index (χ1n) is 10.7. The number of oxazole rings is 1. The van der Waals surface area contributed by atoms with Gasteiger partial charge in [0.2, 0.25) is 11.8 Å². The van der Waals surface area contributed by atoms with Gasteiger partial charge in [0.25, 0.3) is 0 Å². The van der Waals surface area contributed by atoms with E-state index < -0.39 is 0 Å². The van der Waals surface area contributed by atoms with Crippen LogP contribution in [0.25, 0.3) is 40.0 Å². The summed E-state index contributed by atoms with van der Waals surface area (Å²) in [4.78, 5) is 16.9. The van der Waals surface area contributed by atoms with E-state index in [1.54, 1.807) is 6.08 Å². The minimum Gasteiger partial charge on any atom is -0.457 e. The fourth-order valence-corrected chi connectivity index (χ4v) is 3.54. The summed E-state index contributed by atoms with van der Waals surface area (Å²) in [7, 11) is 0. The molecule has 0 aliphatic carbocycles. The van der Waals surface area contributed by atoms with Gasteiger partial charge in [-0.1, -0.05) is 30.3 Å². The molecule has 1 amide bonds. The highest BCUT2D eigenvalue weighted by Gasteiger charge is 2.10. The van der Waals surface area contributed by atoms with Gasteiger partial charge in [-0.05, 0) is 79.6 Å². The molecule has 162 valence electrons. The molecule has 0 aliphatic rings. The molecule has 2 heterocycles. The highest BCUT2D eigenvalue weighted by atomic mass is 16.3. The monoisotopic (exact) mass is 434 g/mol. The van der Waals surface area contributed by atoms with Crippen LogP contribution >= 0.6 is 0 Å². The number of furan rings is 1. The standard InChI is InChI=1S/C28H22N2O3/c1-18-16-24-26(17-19(18)2)33-28(30-24)21-8-10-22(11-9-21)29-27(31)15-13-23-12-14-25(32-23)20-6-4-3-5-7-20/h3-17H,1-2H3,(H,29,31)/b15-13+. The Kier molecular flexibility index (Phi) is 5.37. The molecule has 0 fully saturated rings. The van der Waals surface area contributed by atoms with E-state index >= 15 is 0 Å². The van der Waals surface area contributed by atoms with E-state index in [0.717, 1.165) is 28.0 Å². The Morgan fingerprint density at radius 2 is 1.61 bits per heavy atom. The third-order valence-corrected chi connectivity index (χ3v) is 5.49. The number of carbonyl (C=O) groups is 1. The Balaban J connectivity index is 1.25. The quantitative estimate of drug-likeness (QED) is 0.302. The van der Waals surface area contributed by atoms with Crippen molar-refractivity contribution in [1.82, 2.24) is 4.98 Å². The topological polar surface area (TPSA) is 68.3 Å². The summed E-state index contributed by atoms with van der Waals surface area (Å²) < 4.78 is 11.7. The van der Waals surface area contributed by atoms with Crippen molar-refractivity contribution in [3.8, 4) is 22.8 Å². The number of anilines is 1. The SMILES string of the molecule is Cc1cc2nc(-c3ccc(NC(=O)/C=C/c4ccc(-c5ccccc5)o4)cc3)oc2cc1C. The first kappa shape index (κ1) is 20.5. The molecule has 2 aromatic heterocycles. The van der Waals surface area contributed by atoms with Crippen molar-refractivity contribution in [3.63, 3.8) is 0 Å². The predicted octanol–water partition coefficient (Wildman–Crippen LogP) is 7.02. The van der Waals surface area contributed by atoms with Crippen LogP contribution in [0.3, 0.4) is 0 Å². The Morgan fingerprint density at radius 3 is 2.39 bits per heavy atom. The van der Waals surface area contributed by atoms with Gasteiger partial charge < -0.3 is 14.2 Å². The number of carbonyl (C=O) groups excluding carboxylic acids is 1. The van der Waals surface area contributed by atoms with Crippen molar-refractivity contribution in [3.05, 3.63) is 102 Å². The van der Waals surface area contributed by atoms with Crippen LogP contribution in [0, 0.1) is 13.8 Å². The molecule has 0 radical (unpaired) electrons. The first-order valence-corrected chi connectivity index (χ1v) is 10.7. The van der Waals surface area contributed by atoms with Gasteiger partial charge in [0.05, 0.1) is 0 Å². The number of aromatic nitrogens is 1. The number of fused-ring (bicyclic) bond motifs is 1. The molecule has 5 heteroatoms. The van der Waals surface area contributed by atoms with E-state index in [2.05, 4.69) is 24.1 Å². The number of nitrogens with one attached hydrogen (secondary N) is 1. The largest absolute Gasteiger partial charge is 0.457 e. The van der Waals surface area contributed by atoms with Gasteiger partial charge in [0, 0.05) is 22.9 Å². The van der Waals surface area contributed by atoms with Gasteiger partial charge in [0.1, 0.15) is 17.0 Å². The zero-order valence-electron chi connectivity index (χ0n) is 18.3. The average Bonchev–Trinajstić information content (AvgIpc) is 3.46. The van der Waals surface area contributed by atoms with Gasteiger partial charge in [0.15, 0.2) is 5.58 Å². The molecule has 1 N–H and O–H groups in total. The Hall–Kier alpha value is -4.38. The summed E-state index contributed by atoms with van der Waals surface area (Å²) in [6, 6.07) is 25.0. The third-order valence-electron chi connectivity index (χ3n) is 5.49. The molecule has 5 nitrogen and oxygen atoms in total. The number of aryl methyl sites for hydroxylation is 2. The number of amides is 1. The van der Waals surface area contributed by atoms with E-state index in [1.165, 1.54) is 17.2 Å². The van der Waals surface area contributed by atoms with Crippen LogP contribution in [0.15, 0.2) is 93.8 Å². The second-order valence-corrected chi connectivity index (χ2v) is 7.89. The Bertz CT molecular complexity index is 1420. The molecule has 0 bridgehead atoms. The molecule has 0 aliphatic heterocycles. The van der Waals surface area contributed by atoms with Crippen molar-refractivity contribution in [2.45, 2.75) is 13.8 Å². The molecule has 3 aromatic carbocycles. The molecule has 0 saturated carbocycles. The van der Waals surface area contributed by atoms with E-state index in [1.807, 2.05) is 78.9 Å². The fraction of sp³-hybridized carbons (Fsp3) is 0.0714. The second-order valence-electron chi connectivity index (χ2n) is 7.89. The summed E-state index contributed by atoms with van der Waals surface area (Å²) in [6.07, 6.45) is 3.10. The van der Waals surface area contributed by atoms with Crippen LogP contribution in [0.1, 0.15) is 16.9 Å². The molecular weight excluding hydrogens is 412 g/mol. The van der Waals surface area contributed by atoms with Crippen molar-refractivity contribution in [2.75, 3.05) is 5.32 Å². The summed E-state index contributed by atoms with van der Waals surface area (Å²) in [5.74, 6) is 1.68. The smallest absolute Gasteiger partial charge is 0.248 e. The van der Waals surface area contributed by atoms with Gasteiger partial charge in [-0.2, -0.15) is 0 Å². The lowest BCUT2D eigenvalue weighted by atomic mass is 10.1. The molecule has 5 rings (SSSR count). The zero-order chi connectivity index (χ0) is 22.8. The Labute approximate surface area is 191 Å². The van der Waals surface area contributed by atoms with Crippen molar-refractivity contribution < 1.29 is 13.6 Å². The summed E-state index contributed by atoms with van der Waals surface area (Å²) in [5, 5.41) is 2.85. The van der Waals surface area contributed by atoms with Gasteiger partial charge in [-0.25, -0.2) is 4.98 Å². The number of hydrogen-bond acceptors (Lipinski definition) is 4. The van der Waals surface area contributed by atoms with E-state index in [-0.39, 0.29) is 5.91 Å². The summed E-state index contributed by atoms with van der Waals surface area (Å²) in [5.41, 5.74) is 6.47. The van der Waals surface area contributed by atoms with E-state index in [4.69, 9.17) is 8.83 Å². The molecule has 0 saturated heterocycles. The van der Waals surface area contributed by atoms with E-state index in [0.29, 0.717) is 17.3 Å². The van der Waals surface area contributed by atoms with Crippen LogP contribution < -0.4 is 5.32 Å². The number of nitrogens with zero attached hydrogens (tertiary/aromatic N) is 1. The molecule has 0 spiro atoms. The normalized spacial score (nSPS) is 11.3. The summed E-state index contributed by atoms with van der Waals surface area (Å²) in [6.45, 7) is 4.11. The van der Waals surface area contributed by atoms with Crippen LogP contribution in [-0.4, -0.2) is 10.9 Å². The highest BCUT2D eigenvalue weighted by Crippen LogP contribution is 2.27. The van der Waals surface area contributed by atoms with Gasteiger partial charge in [-0.15, -0.1) is 0 Å². The maximum atomic E-state index is 12.3. The predicted molar refractivity (Wildman–Crippen MR) is 131 cm³/mol. The maximum absolute atomic E-state index is 12.3. The molecular formula is C28H22N2O3. The second kappa shape index (κ2) is 8.63. The number of rotatable bonds is 5. The first-order chi connectivity index (χ1) is 16.0. The van der Waals surface area contributed by atoms with Crippen molar-refractivity contribution in [2.24, 2.45) is 0 Å². The van der Waals surface area contributed by atoms with Gasteiger partial charge >= 0.3 is 0 Å². The maximum Gasteiger partial charge on any atom is 0.248 e. The Morgan fingerprint density at radius 1 is 0.848 bits per heavy atom. The molecule has 0 atom stereocenters. The highest BCUT2D eigenvalue weighted by molar-refractivity contribution is 6.01. The van der Waals surface area contributed by atoms with Crippen LogP contribution in [0.4, 0.5) is 5.69 Å². The fourth-order valence-electron chi connectivity index (χ4n) is 3.54. The molecule has 0 unspecified atom stereocenters. The lowest BCUT2D eigenvalue weighted by Gasteiger charge is -2.02. The summed E-state index contributed by atoms with van der Waals surface area (Å²) >= 11 is 0. The zero-order valence-corrected chi connectivity index (χ0v) is 18.3. The number of hydrogen-bond donors (Lipinski definition) is 1. The van der Waals surface area contributed by atoms with Crippen LogP contribution in [0.5, 0.6) is 0 Å². The molecule has 33 heavy (non-hydrogen) atoms. The van der Waals surface area contributed by atoms with Crippen molar-refractivity contribution >= 4 is 28.8 Å². The van der Waals surface area contributed by atoms with Crippen LogP contribution in [-0.2, 0) is 4.79 Å². The van der Waals surface area contributed by atoms with E-state index in [9.17, 15) is 4.79 Å². The lowest BCUT2D eigenvalue weighted by Crippen LogP contribution is -2.07. The van der Waals surface area contributed by atoms with Crippen LogP contribution in [0.2, 0.25) is 0 Å². The lowest BCUT2D eigenvalue weighted by molar-refractivity contribution is -0.111.